The number of aliphatic hydroxyl groups excluding tert-OH is 1. The molecule has 27 heavy (non-hydrogen) atoms. The van der Waals surface area contributed by atoms with Gasteiger partial charge in [0.15, 0.2) is 5.78 Å². The van der Waals surface area contributed by atoms with E-state index in [1.54, 1.807) is 36.4 Å². The summed E-state index contributed by atoms with van der Waals surface area (Å²) in [6.45, 7) is 2.09. The van der Waals surface area contributed by atoms with Gasteiger partial charge in [-0.15, -0.1) is 0 Å². The summed E-state index contributed by atoms with van der Waals surface area (Å²) in [4.78, 5) is 24.3. The van der Waals surface area contributed by atoms with E-state index in [9.17, 15) is 14.7 Å². The molecule has 0 aliphatic heterocycles. The number of carbonyl (C=O) groups is 2. The molecule has 0 saturated heterocycles. The minimum atomic E-state index is -0.627. The fourth-order valence-corrected chi connectivity index (χ4v) is 2.62. The Morgan fingerprint density at radius 3 is 2.26 bits per heavy atom. The van der Waals surface area contributed by atoms with Gasteiger partial charge in [-0.05, 0) is 55.0 Å². The normalized spacial score (nSPS) is 11.4. The average molecular weight is 365 g/mol. The molecule has 140 valence electrons. The number of hydrogen-bond donors (Lipinski definition) is 1. The number of unbranched alkanes of at least 4 members (excludes halogenated alkanes) is 2. The number of Topliss-reactive ketones (excluding diaryl/α,β-unsaturated/α-hetero) is 1. The molecule has 0 aliphatic carbocycles. The minimum Gasteiger partial charge on any atom is -0.423 e. The van der Waals surface area contributed by atoms with Crippen LogP contribution in [0.15, 0.2) is 48.5 Å². The average Bonchev–Trinajstić information content (AvgIpc) is 2.68. The summed E-state index contributed by atoms with van der Waals surface area (Å²) in [7, 11) is 0. The molecular formula is C22H23NO4. The van der Waals surface area contributed by atoms with E-state index in [0.29, 0.717) is 28.9 Å². The van der Waals surface area contributed by atoms with Crippen LogP contribution in [0.5, 0.6) is 5.75 Å². The van der Waals surface area contributed by atoms with Crippen molar-refractivity contribution < 1.29 is 19.4 Å². The van der Waals surface area contributed by atoms with Crippen LogP contribution in [-0.4, -0.2) is 23.0 Å². The molecule has 0 saturated carbocycles. The second-order valence-corrected chi connectivity index (χ2v) is 6.38. The lowest BCUT2D eigenvalue weighted by molar-refractivity contribution is 0.0734. The number of benzene rings is 2. The second kappa shape index (κ2) is 10.2. The minimum absolute atomic E-state index is 0.0914. The highest BCUT2D eigenvalue weighted by molar-refractivity contribution is 5.96. The number of ether oxygens (including phenoxy) is 1. The molecular weight excluding hydrogens is 342 g/mol. The number of ketones is 1. The zero-order valence-corrected chi connectivity index (χ0v) is 15.4. The van der Waals surface area contributed by atoms with Crippen molar-refractivity contribution in [1.29, 1.82) is 5.26 Å². The Bertz CT molecular complexity index is 804. The molecule has 1 N–H and O–H groups in total. The molecule has 1 atom stereocenters. The van der Waals surface area contributed by atoms with E-state index in [2.05, 4.69) is 6.92 Å². The van der Waals surface area contributed by atoms with Gasteiger partial charge < -0.3 is 9.84 Å². The van der Waals surface area contributed by atoms with Crippen molar-refractivity contribution in [2.75, 3.05) is 0 Å². The van der Waals surface area contributed by atoms with E-state index in [-0.39, 0.29) is 12.2 Å². The fourth-order valence-electron chi connectivity index (χ4n) is 2.62. The molecule has 0 fully saturated rings. The van der Waals surface area contributed by atoms with E-state index in [1.165, 1.54) is 12.1 Å². The summed E-state index contributed by atoms with van der Waals surface area (Å²) >= 11 is 0. The van der Waals surface area contributed by atoms with Crippen LogP contribution in [0.4, 0.5) is 0 Å². The van der Waals surface area contributed by atoms with Gasteiger partial charge in [0.25, 0.3) is 0 Å². The zero-order chi connectivity index (χ0) is 19.6. The summed E-state index contributed by atoms with van der Waals surface area (Å²) in [6.07, 6.45) is 3.12. The predicted octanol–water partition coefficient (Wildman–Crippen LogP) is 4.29. The molecule has 5 nitrogen and oxygen atoms in total. The molecule has 2 aromatic carbocycles. The smallest absolute Gasteiger partial charge is 0.343 e. The van der Waals surface area contributed by atoms with Crippen molar-refractivity contribution in [3.05, 3.63) is 65.2 Å². The van der Waals surface area contributed by atoms with Crippen molar-refractivity contribution >= 4 is 11.8 Å². The molecule has 0 spiro atoms. The van der Waals surface area contributed by atoms with E-state index >= 15 is 0 Å². The van der Waals surface area contributed by atoms with Crippen molar-refractivity contribution in [3.8, 4) is 11.8 Å². The summed E-state index contributed by atoms with van der Waals surface area (Å²) in [5.41, 5.74) is 1.28. The van der Waals surface area contributed by atoms with Gasteiger partial charge in [-0.25, -0.2) is 4.79 Å². The lowest BCUT2D eigenvalue weighted by Crippen LogP contribution is -2.13. The van der Waals surface area contributed by atoms with Gasteiger partial charge in [0.1, 0.15) is 5.75 Å². The maximum absolute atomic E-state index is 12.2. The number of carbonyl (C=O) groups excluding carboxylic acids is 2. The largest absolute Gasteiger partial charge is 0.423 e. The van der Waals surface area contributed by atoms with Gasteiger partial charge in [0.05, 0.1) is 23.3 Å². The van der Waals surface area contributed by atoms with Gasteiger partial charge in [-0.2, -0.15) is 5.26 Å². The van der Waals surface area contributed by atoms with Crippen molar-refractivity contribution in [2.24, 2.45) is 0 Å². The van der Waals surface area contributed by atoms with Crippen LogP contribution in [0.2, 0.25) is 0 Å². The molecule has 0 aromatic heterocycles. The highest BCUT2D eigenvalue weighted by Gasteiger charge is 2.14. The number of aliphatic hydroxyl groups is 1. The van der Waals surface area contributed by atoms with Crippen LogP contribution in [0.25, 0.3) is 0 Å². The summed E-state index contributed by atoms with van der Waals surface area (Å²) < 4.78 is 5.27. The Kier molecular flexibility index (Phi) is 7.72. The molecule has 0 aliphatic rings. The van der Waals surface area contributed by atoms with Gasteiger partial charge >= 0.3 is 5.97 Å². The standard InChI is InChI=1S/C22H23NO4/c1-2-3-4-5-19(24)14-21(25)17-10-12-20(13-11-17)27-22(26)18-8-6-16(15-23)7-9-18/h6-13,19,24H,2-5,14H2,1H3. The van der Waals surface area contributed by atoms with Gasteiger partial charge in [-0.1, -0.05) is 26.2 Å². The number of nitriles is 1. The quantitative estimate of drug-likeness (QED) is 0.310. The molecule has 2 aromatic rings. The summed E-state index contributed by atoms with van der Waals surface area (Å²) in [5.74, 6) is -0.349. The van der Waals surface area contributed by atoms with Crippen molar-refractivity contribution in [1.82, 2.24) is 0 Å². The van der Waals surface area contributed by atoms with Crippen molar-refractivity contribution in [3.63, 3.8) is 0 Å². The monoisotopic (exact) mass is 365 g/mol. The van der Waals surface area contributed by atoms with Crippen LogP contribution < -0.4 is 4.74 Å². The van der Waals surface area contributed by atoms with E-state index in [0.717, 1.165) is 19.3 Å². The first-order valence-electron chi connectivity index (χ1n) is 9.07. The molecule has 1 unspecified atom stereocenters. The number of rotatable bonds is 9. The molecule has 2 rings (SSSR count). The Morgan fingerprint density at radius 1 is 1.04 bits per heavy atom. The van der Waals surface area contributed by atoms with E-state index in [4.69, 9.17) is 10.00 Å². The van der Waals surface area contributed by atoms with Crippen LogP contribution in [0.1, 0.15) is 65.3 Å². The van der Waals surface area contributed by atoms with Crippen LogP contribution in [-0.2, 0) is 0 Å². The van der Waals surface area contributed by atoms with Crippen LogP contribution in [0, 0.1) is 11.3 Å². The fraction of sp³-hybridized carbons (Fsp3) is 0.318. The first-order chi connectivity index (χ1) is 13.0. The molecule has 0 radical (unpaired) electrons. The maximum Gasteiger partial charge on any atom is 0.343 e. The highest BCUT2D eigenvalue weighted by Crippen LogP contribution is 2.17. The van der Waals surface area contributed by atoms with E-state index < -0.39 is 12.1 Å². The van der Waals surface area contributed by atoms with E-state index in [1.807, 2.05) is 6.07 Å². The van der Waals surface area contributed by atoms with Gasteiger partial charge in [0, 0.05) is 12.0 Å². The van der Waals surface area contributed by atoms with Gasteiger partial charge in [-0.3, -0.25) is 4.79 Å². The Labute approximate surface area is 159 Å². The number of esters is 1. The molecule has 5 heteroatoms. The first kappa shape index (κ1) is 20.3. The number of hydrogen-bond acceptors (Lipinski definition) is 5. The lowest BCUT2D eigenvalue weighted by Gasteiger charge is -2.10. The molecule has 0 amide bonds. The SMILES string of the molecule is CCCCCC(O)CC(=O)c1ccc(OC(=O)c2ccc(C#N)cc2)cc1. The Morgan fingerprint density at radius 2 is 1.67 bits per heavy atom. The van der Waals surface area contributed by atoms with Gasteiger partial charge in [0.2, 0.25) is 0 Å². The maximum atomic E-state index is 12.2. The topological polar surface area (TPSA) is 87.4 Å². The third-order valence-electron chi connectivity index (χ3n) is 4.20. The van der Waals surface area contributed by atoms with Crippen molar-refractivity contribution in [2.45, 2.75) is 45.1 Å². The molecule has 0 bridgehead atoms. The first-order valence-corrected chi connectivity index (χ1v) is 9.07. The molecule has 0 heterocycles. The lowest BCUT2D eigenvalue weighted by atomic mass is 10.0. The highest BCUT2D eigenvalue weighted by atomic mass is 16.5. The second-order valence-electron chi connectivity index (χ2n) is 6.38. The Hall–Kier alpha value is -2.97. The Balaban J connectivity index is 1.91. The third-order valence-corrected chi connectivity index (χ3v) is 4.20. The van der Waals surface area contributed by atoms with Crippen LogP contribution in [0.3, 0.4) is 0 Å². The zero-order valence-electron chi connectivity index (χ0n) is 15.4. The summed E-state index contributed by atoms with van der Waals surface area (Å²) in [6, 6.07) is 14.4. The predicted molar refractivity (Wildman–Crippen MR) is 102 cm³/mol. The summed E-state index contributed by atoms with van der Waals surface area (Å²) in [5, 5.41) is 18.7. The third kappa shape index (κ3) is 6.36. The van der Waals surface area contributed by atoms with Crippen LogP contribution >= 0.6 is 0 Å². The number of nitrogens with zero attached hydrogens (tertiary/aromatic N) is 1.